The average Bonchev–Trinajstić information content (AvgIpc) is 2.70. The van der Waals surface area contributed by atoms with Crippen molar-refractivity contribution in [2.75, 3.05) is 11.4 Å². The van der Waals surface area contributed by atoms with Gasteiger partial charge in [0.15, 0.2) is 0 Å². The van der Waals surface area contributed by atoms with Crippen LogP contribution < -0.4 is 4.90 Å². The molecule has 0 aliphatic carbocycles. The molecule has 1 fully saturated rings. The minimum Gasteiger partial charge on any atom is -0.391 e. The van der Waals surface area contributed by atoms with Crippen molar-refractivity contribution in [1.82, 2.24) is 9.97 Å². The number of nitrogens with zero attached hydrogens (tertiary/aromatic N) is 3. The molecule has 1 amide bonds. The predicted octanol–water partition coefficient (Wildman–Crippen LogP) is 0.816. The van der Waals surface area contributed by atoms with Gasteiger partial charge in [-0.2, -0.15) is 0 Å². The van der Waals surface area contributed by atoms with Gasteiger partial charge in [0.25, 0.3) is 0 Å². The molecule has 5 nitrogen and oxygen atoms in total. The molecule has 5 heteroatoms. The third kappa shape index (κ3) is 2.19. The van der Waals surface area contributed by atoms with Gasteiger partial charge in [0.1, 0.15) is 11.6 Å². The second-order valence-corrected chi connectivity index (χ2v) is 4.13. The van der Waals surface area contributed by atoms with E-state index in [1.165, 1.54) is 0 Å². The molecule has 1 aliphatic heterocycles. The maximum absolute atomic E-state index is 11.9. The molecule has 0 spiro atoms. The summed E-state index contributed by atoms with van der Waals surface area (Å²) in [5.74, 6) is 1.29. The van der Waals surface area contributed by atoms with E-state index >= 15 is 0 Å². The van der Waals surface area contributed by atoms with E-state index in [0.29, 0.717) is 30.2 Å². The van der Waals surface area contributed by atoms with Gasteiger partial charge in [-0.3, -0.25) is 9.69 Å². The number of amides is 1. The van der Waals surface area contributed by atoms with Crippen LogP contribution in [0.2, 0.25) is 0 Å². The normalized spacial score (nSPS) is 19.8. The van der Waals surface area contributed by atoms with Gasteiger partial charge in [-0.1, -0.05) is 6.08 Å². The molecule has 1 aromatic heterocycles. The molecule has 0 bridgehead atoms. The SMILES string of the molecule is C=CC1CC(=O)N(c2nc(C)ncc2CO)C1. The van der Waals surface area contributed by atoms with Gasteiger partial charge in [0.05, 0.1) is 6.61 Å². The molecule has 1 atom stereocenters. The minimum atomic E-state index is -0.169. The number of rotatable bonds is 3. The molecular formula is C12H15N3O2. The smallest absolute Gasteiger partial charge is 0.228 e. The minimum absolute atomic E-state index is 0.0164. The summed E-state index contributed by atoms with van der Waals surface area (Å²) in [6.07, 6.45) is 3.80. The van der Waals surface area contributed by atoms with E-state index in [9.17, 15) is 9.90 Å². The first-order chi connectivity index (χ1) is 8.15. The Labute approximate surface area is 99.8 Å². The Morgan fingerprint density at radius 1 is 1.71 bits per heavy atom. The van der Waals surface area contributed by atoms with E-state index in [1.807, 2.05) is 0 Å². The van der Waals surface area contributed by atoms with Gasteiger partial charge >= 0.3 is 0 Å². The standard InChI is InChI=1S/C12H15N3O2/c1-3-9-4-11(17)15(6-9)12-10(7-16)5-13-8(2)14-12/h3,5,9,16H,1,4,6-7H2,2H3. The van der Waals surface area contributed by atoms with Gasteiger partial charge in [-0.25, -0.2) is 9.97 Å². The fourth-order valence-electron chi connectivity index (χ4n) is 1.93. The Balaban J connectivity index is 2.36. The Kier molecular flexibility index (Phi) is 3.19. The number of hydrogen-bond acceptors (Lipinski definition) is 4. The molecule has 90 valence electrons. The summed E-state index contributed by atoms with van der Waals surface area (Å²) in [6.45, 7) is 5.87. The molecule has 1 unspecified atom stereocenters. The molecule has 17 heavy (non-hydrogen) atoms. The summed E-state index contributed by atoms with van der Waals surface area (Å²) < 4.78 is 0. The summed E-state index contributed by atoms with van der Waals surface area (Å²) in [5, 5.41) is 9.24. The predicted molar refractivity (Wildman–Crippen MR) is 63.3 cm³/mol. The molecule has 1 aromatic rings. The van der Waals surface area contributed by atoms with E-state index in [2.05, 4.69) is 16.5 Å². The van der Waals surface area contributed by atoms with Gasteiger partial charge in [0.2, 0.25) is 5.91 Å². The highest BCUT2D eigenvalue weighted by Gasteiger charge is 2.31. The quantitative estimate of drug-likeness (QED) is 0.785. The zero-order valence-corrected chi connectivity index (χ0v) is 9.76. The lowest BCUT2D eigenvalue weighted by atomic mass is 10.1. The van der Waals surface area contributed by atoms with Crippen molar-refractivity contribution in [3.8, 4) is 0 Å². The number of aryl methyl sites for hydroxylation is 1. The fourth-order valence-corrected chi connectivity index (χ4v) is 1.93. The van der Waals surface area contributed by atoms with Crippen molar-refractivity contribution in [2.24, 2.45) is 5.92 Å². The number of hydrogen-bond donors (Lipinski definition) is 1. The van der Waals surface area contributed by atoms with Crippen LogP contribution in [0.4, 0.5) is 5.82 Å². The van der Waals surface area contributed by atoms with E-state index < -0.39 is 0 Å². The zero-order valence-electron chi connectivity index (χ0n) is 9.76. The Morgan fingerprint density at radius 2 is 2.47 bits per heavy atom. The lowest BCUT2D eigenvalue weighted by Crippen LogP contribution is -2.27. The third-order valence-electron chi connectivity index (χ3n) is 2.88. The summed E-state index contributed by atoms with van der Waals surface area (Å²) in [6, 6.07) is 0. The zero-order chi connectivity index (χ0) is 12.4. The maximum atomic E-state index is 11.9. The molecule has 0 aromatic carbocycles. The number of anilines is 1. The fraction of sp³-hybridized carbons (Fsp3) is 0.417. The first-order valence-corrected chi connectivity index (χ1v) is 5.52. The highest BCUT2D eigenvalue weighted by molar-refractivity contribution is 5.95. The van der Waals surface area contributed by atoms with Crippen LogP contribution in [0.3, 0.4) is 0 Å². The second kappa shape index (κ2) is 4.63. The number of aliphatic hydroxyl groups is 1. The van der Waals surface area contributed by atoms with Crippen molar-refractivity contribution in [1.29, 1.82) is 0 Å². The van der Waals surface area contributed by atoms with Crippen molar-refractivity contribution < 1.29 is 9.90 Å². The largest absolute Gasteiger partial charge is 0.391 e. The van der Waals surface area contributed by atoms with Crippen molar-refractivity contribution in [2.45, 2.75) is 20.0 Å². The number of aliphatic hydroxyl groups excluding tert-OH is 1. The summed E-state index contributed by atoms with van der Waals surface area (Å²) in [4.78, 5) is 21.7. The number of aromatic nitrogens is 2. The first-order valence-electron chi connectivity index (χ1n) is 5.52. The van der Waals surface area contributed by atoms with Crippen molar-refractivity contribution in [3.63, 3.8) is 0 Å². The molecule has 2 heterocycles. The second-order valence-electron chi connectivity index (χ2n) is 4.13. The first kappa shape index (κ1) is 11.7. The molecule has 1 aliphatic rings. The Hall–Kier alpha value is -1.75. The lowest BCUT2D eigenvalue weighted by molar-refractivity contribution is -0.117. The highest BCUT2D eigenvalue weighted by atomic mass is 16.3. The van der Waals surface area contributed by atoms with Crippen LogP contribution in [0, 0.1) is 12.8 Å². The van der Waals surface area contributed by atoms with Gasteiger partial charge in [-0.05, 0) is 6.92 Å². The lowest BCUT2D eigenvalue weighted by Gasteiger charge is -2.18. The van der Waals surface area contributed by atoms with Crippen LogP contribution in [0.5, 0.6) is 0 Å². The molecule has 1 saturated heterocycles. The van der Waals surface area contributed by atoms with Gasteiger partial charge in [0, 0.05) is 30.6 Å². The molecule has 0 radical (unpaired) electrons. The van der Waals surface area contributed by atoms with Gasteiger partial charge < -0.3 is 5.11 Å². The maximum Gasteiger partial charge on any atom is 0.228 e. The van der Waals surface area contributed by atoms with Crippen molar-refractivity contribution in [3.05, 3.63) is 30.2 Å². The molecule has 0 saturated carbocycles. The van der Waals surface area contributed by atoms with Crippen LogP contribution >= 0.6 is 0 Å². The summed E-state index contributed by atoms with van der Waals surface area (Å²) in [7, 11) is 0. The Morgan fingerprint density at radius 3 is 3.06 bits per heavy atom. The number of carbonyl (C=O) groups excluding carboxylic acids is 1. The van der Waals surface area contributed by atoms with Crippen molar-refractivity contribution >= 4 is 11.7 Å². The number of carbonyl (C=O) groups is 1. The third-order valence-corrected chi connectivity index (χ3v) is 2.88. The van der Waals surface area contributed by atoms with E-state index in [4.69, 9.17) is 0 Å². The summed E-state index contributed by atoms with van der Waals surface area (Å²) in [5.41, 5.74) is 0.577. The monoisotopic (exact) mass is 233 g/mol. The van der Waals surface area contributed by atoms with Crippen LogP contribution in [-0.4, -0.2) is 27.5 Å². The average molecular weight is 233 g/mol. The van der Waals surface area contributed by atoms with Crippen LogP contribution in [0.25, 0.3) is 0 Å². The molecular weight excluding hydrogens is 218 g/mol. The highest BCUT2D eigenvalue weighted by Crippen LogP contribution is 2.26. The van der Waals surface area contributed by atoms with Crippen LogP contribution in [0.1, 0.15) is 17.8 Å². The van der Waals surface area contributed by atoms with Gasteiger partial charge in [-0.15, -0.1) is 6.58 Å². The van der Waals surface area contributed by atoms with E-state index in [1.54, 1.807) is 24.1 Å². The van der Waals surface area contributed by atoms with Crippen LogP contribution in [-0.2, 0) is 11.4 Å². The molecule has 2 rings (SSSR count). The van der Waals surface area contributed by atoms with E-state index in [0.717, 1.165) is 0 Å². The summed E-state index contributed by atoms with van der Waals surface area (Å²) >= 11 is 0. The molecule has 1 N–H and O–H groups in total. The topological polar surface area (TPSA) is 66.3 Å². The Bertz CT molecular complexity index is 459. The van der Waals surface area contributed by atoms with Crippen LogP contribution in [0.15, 0.2) is 18.9 Å². The van der Waals surface area contributed by atoms with E-state index in [-0.39, 0.29) is 18.4 Å².